The molecule has 1 aliphatic rings. The normalized spacial score (nSPS) is 22.4. The van der Waals surface area contributed by atoms with Crippen LogP contribution in [0.25, 0.3) is 0 Å². The van der Waals surface area contributed by atoms with Crippen molar-refractivity contribution in [1.29, 1.82) is 5.26 Å². The second kappa shape index (κ2) is 5.54. The van der Waals surface area contributed by atoms with Crippen LogP contribution < -0.4 is 0 Å². The minimum Gasteiger partial charge on any atom is -0.379 e. The van der Waals surface area contributed by atoms with E-state index in [1.54, 1.807) is 0 Å². The van der Waals surface area contributed by atoms with Crippen molar-refractivity contribution in [1.82, 2.24) is 9.80 Å². The predicted molar refractivity (Wildman–Crippen MR) is 57.4 cm³/mol. The van der Waals surface area contributed by atoms with Gasteiger partial charge in [-0.2, -0.15) is 5.26 Å². The molecule has 1 atom stereocenters. The van der Waals surface area contributed by atoms with Gasteiger partial charge >= 0.3 is 0 Å². The van der Waals surface area contributed by atoms with Crippen molar-refractivity contribution in [2.45, 2.75) is 32.2 Å². The molecule has 1 rings (SSSR count). The van der Waals surface area contributed by atoms with Gasteiger partial charge in [-0.25, -0.2) is 0 Å². The van der Waals surface area contributed by atoms with Crippen LogP contribution in [0.3, 0.4) is 0 Å². The SMILES string of the molecule is CC=CN(C)CC1CCCCN1C#N. The number of likely N-dealkylation sites (N-methyl/N-ethyl adjacent to an activating group) is 1. The molecule has 0 saturated carbocycles. The van der Waals surface area contributed by atoms with Crippen LogP contribution in [0.2, 0.25) is 0 Å². The zero-order valence-corrected chi connectivity index (χ0v) is 9.11. The molecule has 0 spiro atoms. The summed E-state index contributed by atoms with van der Waals surface area (Å²) in [5, 5.41) is 8.94. The van der Waals surface area contributed by atoms with E-state index in [9.17, 15) is 0 Å². The van der Waals surface area contributed by atoms with Crippen molar-refractivity contribution >= 4 is 0 Å². The lowest BCUT2D eigenvalue weighted by atomic mass is 10.0. The Kier molecular flexibility index (Phi) is 4.31. The van der Waals surface area contributed by atoms with E-state index in [1.165, 1.54) is 6.42 Å². The van der Waals surface area contributed by atoms with Crippen LogP contribution in [0.4, 0.5) is 0 Å². The standard InChI is InChI=1S/C11H19N3/c1-3-7-13(2)9-11-6-4-5-8-14(11)10-12/h3,7,11H,4-6,8-9H2,1-2H3. The van der Waals surface area contributed by atoms with Gasteiger partial charge in [0, 0.05) is 20.1 Å². The van der Waals surface area contributed by atoms with E-state index in [1.807, 2.05) is 17.9 Å². The minimum atomic E-state index is 0.412. The van der Waals surface area contributed by atoms with Crippen molar-refractivity contribution in [2.24, 2.45) is 0 Å². The zero-order chi connectivity index (χ0) is 10.4. The molecule has 3 heteroatoms. The lowest BCUT2D eigenvalue weighted by Crippen LogP contribution is -2.42. The molecular formula is C11H19N3. The molecule has 1 saturated heterocycles. The third-order valence-electron chi connectivity index (χ3n) is 2.66. The summed E-state index contributed by atoms with van der Waals surface area (Å²) in [5.41, 5.74) is 0. The van der Waals surface area contributed by atoms with E-state index in [4.69, 9.17) is 5.26 Å². The molecule has 1 aliphatic heterocycles. The topological polar surface area (TPSA) is 30.3 Å². The highest BCUT2D eigenvalue weighted by molar-refractivity contribution is 4.89. The molecule has 0 amide bonds. The molecule has 3 nitrogen and oxygen atoms in total. The van der Waals surface area contributed by atoms with Gasteiger partial charge in [-0.05, 0) is 32.4 Å². The molecule has 0 aromatic carbocycles. The third kappa shape index (κ3) is 2.95. The fourth-order valence-corrected chi connectivity index (χ4v) is 1.97. The summed E-state index contributed by atoms with van der Waals surface area (Å²) in [6, 6.07) is 0.412. The van der Waals surface area contributed by atoms with E-state index < -0.39 is 0 Å². The Balaban J connectivity index is 2.45. The predicted octanol–water partition coefficient (Wildman–Crippen LogP) is 1.79. The molecule has 0 aromatic rings. The zero-order valence-electron chi connectivity index (χ0n) is 9.11. The van der Waals surface area contributed by atoms with Gasteiger partial charge < -0.3 is 9.80 Å². The third-order valence-corrected chi connectivity index (χ3v) is 2.66. The van der Waals surface area contributed by atoms with Gasteiger partial charge in [0.2, 0.25) is 0 Å². The summed E-state index contributed by atoms with van der Waals surface area (Å²) in [5.74, 6) is 0. The number of hydrogen-bond acceptors (Lipinski definition) is 3. The van der Waals surface area contributed by atoms with Gasteiger partial charge in [0.1, 0.15) is 0 Å². The average Bonchev–Trinajstić information content (AvgIpc) is 2.19. The maximum Gasteiger partial charge on any atom is 0.179 e. The number of allylic oxidation sites excluding steroid dienone is 1. The number of likely N-dealkylation sites (tertiary alicyclic amines) is 1. The summed E-state index contributed by atoms with van der Waals surface area (Å²) in [6.45, 7) is 3.90. The van der Waals surface area contributed by atoms with Crippen LogP contribution in [0.15, 0.2) is 12.3 Å². The second-order valence-electron chi connectivity index (χ2n) is 3.86. The van der Waals surface area contributed by atoms with Crippen molar-refractivity contribution < 1.29 is 0 Å². The molecule has 0 aliphatic carbocycles. The number of nitriles is 1. The second-order valence-corrected chi connectivity index (χ2v) is 3.86. The molecule has 14 heavy (non-hydrogen) atoms. The summed E-state index contributed by atoms with van der Waals surface area (Å²) < 4.78 is 0. The van der Waals surface area contributed by atoms with Crippen LogP contribution in [0.5, 0.6) is 0 Å². The maximum atomic E-state index is 8.94. The van der Waals surface area contributed by atoms with E-state index >= 15 is 0 Å². The molecule has 0 N–H and O–H groups in total. The van der Waals surface area contributed by atoms with Crippen molar-refractivity contribution in [3.8, 4) is 6.19 Å². The quantitative estimate of drug-likeness (QED) is 0.640. The van der Waals surface area contributed by atoms with Gasteiger partial charge in [-0.3, -0.25) is 0 Å². The first-order valence-corrected chi connectivity index (χ1v) is 5.27. The van der Waals surface area contributed by atoms with Crippen LogP contribution in [-0.2, 0) is 0 Å². The fraction of sp³-hybridized carbons (Fsp3) is 0.727. The van der Waals surface area contributed by atoms with E-state index in [-0.39, 0.29) is 0 Å². The van der Waals surface area contributed by atoms with Gasteiger partial charge in [0.05, 0.1) is 6.04 Å². The Bertz CT molecular complexity index is 229. The minimum absolute atomic E-state index is 0.412. The van der Waals surface area contributed by atoms with Crippen LogP contribution in [0, 0.1) is 11.5 Å². The Labute approximate surface area is 86.6 Å². The van der Waals surface area contributed by atoms with E-state index in [0.717, 1.165) is 25.9 Å². The largest absolute Gasteiger partial charge is 0.379 e. The van der Waals surface area contributed by atoms with Gasteiger partial charge in [0.15, 0.2) is 6.19 Å². The molecule has 1 unspecified atom stereocenters. The molecule has 78 valence electrons. The smallest absolute Gasteiger partial charge is 0.179 e. The maximum absolute atomic E-state index is 8.94. The Morgan fingerprint density at radius 3 is 3.00 bits per heavy atom. The lowest BCUT2D eigenvalue weighted by Gasteiger charge is -2.33. The Hall–Kier alpha value is -1.17. The highest BCUT2D eigenvalue weighted by Gasteiger charge is 2.21. The first kappa shape index (κ1) is 10.9. The number of rotatable bonds is 3. The van der Waals surface area contributed by atoms with Crippen LogP contribution >= 0.6 is 0 Å². The number of piperidine rings is 1. The molecular weight excluding hydrogens is 174 g/mol. The molecule has 0 bridgehead atoms. The van der Waals surface area contributed by atoms with E-state index in [2.05, 4.69) is 24.3 Å². The summed E-state index contributed by atoms with van der Waals surface area (Å²) in [4.78, 5) is 4.07. The van der Waals surface area contributed by atoms with Crippen molar-refractivity contribution in [3.63, 3.8) is 0 Å². The summed E-state index contributed by atoms with van der Waals surface area (Å²) in [7, 11) is 2.06. The average molecular weight is 193 g/mol. The highest BCUT2D eigenvalue weighted by Crippen LogP contribution is 2.16. The van der Waals surface area contributed by atoms with E-state index in [0.29, 0.717) is 6.04 Å². The number of nitrogens with zero attached hydrogens (tertiary/aromatic N) is 3. The molecule has 1 heterocycles. The summed E-state index contributed by atoms with van der Waals surface area (Å²) >= 11 is 0. The summed E-state index contributed by atoms with van der Waals surface area (Å²) in [6.07, 6.45) is 9.94. The first-order valence-electron chi connectivity index (χ1n) is 5.27. The molecule has 0 aromatic heterocycles. The Morgan fingerprint density at radius 2 is 2.36 bits per heavy atom. The van der Waals surface area contributed by atoms with Crippen LogP contribution in [0.1, 0.15) is 26.2 Å². The molecule has 1 fully saturated rings. The van der Waals surface area contributed by atoms with Crippen LogP contribution in [-0.4, -0.2) is 36.0 Å². The lowest BCUT2D eigenvalue weighted by molar-refractivity contribution is 0.189. The monoisotopic (exact) mass is 193 g/mol. The first-order chi connectivity index (χ1) is 6.77. The van der Waals surface area contributed by atoms with Gasteiger partial charge in [-0.1, -0.05) is 6.08 Å². The fourth-order valence-electron chi connectivity index (χ4n) is 1.97. The Morgan fingerprint density at radius 1 is 1.57 bits per heavy atom. The van der Waals surface area contributed by atoms with Crippen molar-refractivity contribution in [3.05, 3.63) is 12.3 Å². The molecule has 0 radical (unpaired) electrons. The van der Waals surface area contributed by atoms with Crippen molar-refractivity contribution in [2.75, 3.05) is 20.1 Å². The highest BCUT2D eigenvalue weighted by atomic mass is 15.2. The van der Waals surface area contributed by atoms with Gasteiger partial charge in [-0.15, -0.1) is 0 Å². The van der Waals surface area contributed by atoms with Gasteiger partial charge in [0.25, 0.3) is 0 Å². The number of hydrogen-bond donors (Lipinski definition) is 0.